The number of nitrogens with zero attached hydrogens (tertiary/aromatic N) is 3. The zero-order valence-electron chi connectivity index (χ0n) is 14.8. The van der Waals surface area contributed by atoms with Crippen molar-refractivity contribution in [2.75, 3.05) is 7.05 Å². The number of benzene rings is 2. The zero-order valence-corrected chi connectivity index (χ0v) is 14.8. The second-order valence-electron chi connectivity index (χ2n) is 6.09. The highest BCUT2D eigenvalue weighted by atomic mass is 19.4. The number of aromatic nitrogens is 2. The number of amides is 1. The van der Waals surface area contributed by atoms with E-state index in [0.717, 1.165) is 6.20 Å². The van der Waals surface area contributed by atoms with Crippen molar-refractivity contribution in [2.45, 2.75) is 19.5 Å². The number of ether oxygens (including phenoxy) is 1. The number of halogens is 3. The topological polar surface area (TPSA) is 64.4 Å². The van der Waals surface area contributed by atoms with Crippen molar-refractivity contribution < 1.29 is 22.7 Å². The molecule has 146 valence electrons. The Labute approximate surface area is 157 Å². The molecule has 0 N–H and O–H groups in total. The van der Waals surface area contributed by atoms with Gasteiger partial charge in [0.1, 0.15) is 12.3 Å². The molecule has 0 fully saturated rings. The highest BCUT2D eigenvalue weighted by molar-refractivity contribution is 5.81. The van der Waals surface area contributed by atoms with E-state index in [-0.39, 0.29) is 35.7 Å². The Balaban J connectivity index is 1.78. The molecule has 0 atom stereocenters. The van der Waals surface area contributed by atoms with Crippen molar-refractivity contribution in [1.82, 2.24) is 14.7 Å². The maximum Gasteiger partial charge on any atom is 0.573 e. The lowest BCUT2D eigenvalue weighted by atomic mass is 10.2. The van der Waals surface area contributed by atoms with Gasteiger partial charge in [0.2, 0.25) is 11.3 Å². The molecule has 0 saturated heterocycles. The number of likely N-dealkylation sites (N-methyl/N-ethyl adjacent to an activating group) is 1. The first kappa shape index (κ1) is 19.4. The first-order valence-corrected chi connectivity index (χ1v) is 8.27. The van der Waals surface area contributed by atoms with Crippen LogP contribution in [0.4, 0.5) is 13.2 Å². The van der Waals surface area contributed by atoms with E-state index in [0.29, 0.717) is 10.9 Å². The average Bonchev–Trinajstić information content (AvgIpc) is 2.64. The second kappa shape index (κ2) is 7.71. The van der Waals surface area contributed by atoms with Crippen LogP contribution in [0, 0.1) is 0 Å². The first-order valence-electron chi connectivity index (χ1n) is 8.27. The minimum Gasteiger partial charge on any atom is -0.405 e. The lowest BCUT2D eigenvalue weighted by Gasteiger charge is -2.20. The second-order valence-corrected chi connectivity index (χ2v) is 6.09. The quantitative estimate of drug-likeness (QED) is 0.671. The number of fused-ring (bicyclic) bond motifs is 1. The van der Waals surface area contributed by atoms with Crippen LogP contribution in [0.15, 0.2) is 59.5 Å². The Kier molecular flexibility index (Phi) is 5.34. The van der Waals surface area contributed by atoms with Gasteiger partial charge in [-0.05, 0) is 18.2 Å². The standard InChI is InChI=1S/C19H16F3N3O3/c1-24(11-13-6-2-5-9-17(13)28-19(20,21)22)18(27)12-25-15-8-4-3-7-14(15)16(26)10-23-25/h2-10H,11-12H2,1H3. The molecule has 0 spiro atoms. The van der Waals surface area contributed by atoms with Gasteiger partial charge >= 0.3 is 6.36 Å². The van der Waals surface area contributed by atoms with Crippen molar-refractivity contribution in [3.8, 4) is 5.75 Å². The van der Waals surface area contributed by atoms with Crippen LogP contribution in [0.2, 0.25) is 0 Å². The summed E-state index contributed by atoms with van der Waals surface area (Å²) in [7, 11) is 1.47. The molecule has 3 rings (SSSR count). The maximum absolute atomic E-state index is 12.6. The van der Waals surface area contributed by atoms with Gasteiger partial charge in [-0.25, -0.2) is 0 Å². The summed E-state index contributed by atoms with van der Waals surface area (Å²) in [5.74, 6) is -0.746. The number of hydrogen-bond donors (Lipinski definition) is 0. The molecule has 0 aliphatic heterocycles. The summed E-state index contributed by atoms with van der Waals surface area (Å²) in [6, 6.07) is 12.4. The number of hydrogen-bond acceptors (Lipinski definition) is 4. The minimum absolute atomic E-state index is 0.0801. The summed E-state index contributed by atoms with van der Waals surface area (Å²) in [5.41, 5.74) is 0.455. The third-order valence-corrected chi connectivity index (χ3v) is 4.08. The highest BCUT2D eigenvalue weighted by Crippen LogP contribution is 2.27. The van der Waals surface area contributed by atoms with Gasteiger partial charge in [-0.3, -0.25) is 14.3 Å². The lowest BCUT2D eigenvalue weighted by Crippen LogP contribution is -2.31. The number of carbonyl (C=O) groups excluding carboxylic acids is 1. The Morgan fingerprint density at radius 2 is 1.82 bits per heavy atom. The third kappa shape index (κ3) is 4.48. The van der Waals surface area contributed by atoms with E-state index in [4.69, 9.17) is 0 Å². The molecule has 0 saturated carbocycles. The molecule has 2 aromatic carbocycles. The monoisotopic (exact) mass is 391 g/mol. The smallest absolute Gasteiger partial charge is 0.405 e. The Morgan fingerprint density at radius 3 is 2.57 bits per heavy atom. The fourth-order valence-corrected chi connectivity index (χ4v) is 2.74. The van der Waals surface area contributed by atoms with Crippen molar-refractivity contribution >= 4 is 16.8 Å². The molecular formula is C19H16F3N3O3. The van der Waals surface area contributed by atoms with E-state index >= 15 is 0 Å². The summed E-state index contributed by atoms with van der Waals surface area (Å²) >= 11 is 0. The summed E-state index contributed by atoms with van der Waals surface area (Å²) in [6.07, 6.45) is -3.69. The van der Waals surface area contributed by atoms with Crippen LogP contribution in [0.5, 0.6) is 5.75 Å². The molecule has 1 heterocycles. The van der Waals surface area contributed by atoms with Gasteiger partial charge in [-0.15, -0.1) is 13.2 Å². The molecule has 3 aromatic rings. The van der Waals surface area contributed by atoms with Crippen LogP contribution in [-0.4, -0.2) is 34.0 Å². The van der Waals surface area contributed by atoms with E-state index < -0.39 is 6.36 Å². The minimum atomic E-state index is -4.82. The van der Waals surface area contributed by atoms with Crippen molar-refractivity contribution in [2.24, 2.45) is 0 Å². The molecule has 0 unspecified atom stereocenters. The van der Waals surface area contributed by atoms with Gasteiger partial charge in [0.15, 0.2) is 0 Å². The number of rotatable bonds is 5. The summed E-state index contributed by atoms with van der Waals surface area (Å²) in [6.45, 7) is -0.247. The van der Waals surface area contributed by atoms with Crippen molar-refractivity contribution in [1.29, 1.82) is 0 Å². The fraction of sp³-hybridized carbons (Fsp3) is 0.211. The molecule has 6 nitrogen and oxygen atoms in total. The molecule has 28 heavy (non-hydrogen) atoms. The van der Waals surface area contributed by atoms with Crippen LogP contribution in [0.3, 0.4) is 0 Å². The van der Waals surface area contributed by atoms with Crippen molar-refractivity contribution in [3.63, 3.8) is 0 Å². The zero-order chi connectivity index (χ0) is 20.3. The van der Waals surface area contributed by atoms with Crippen LogP contribution in [0.1, 0.15) is 5.56 Å². The van der Waals surface area contributed by atoms with Crippen LogP contribution in [0.25, 0.3) is 10.9 Å². The van der Waals surface area contributed by atoms with E-state index in [2.05, 4.69) is 9.84 Å². The predicted molar refractivity (Wildman–Crippen MR) is 95.6 cm³/mol. The lowest BCUT2D eigenvalue weighted by molar-refractivity contribution is -0.275. The number of para-hydroxylation sites is 2. The van der Waals surface area contributed by atoms with Gasteiger partial charge in [0, 0.05) is 24.5 Å². The van der Waals surface area contributed by atoms with E-state index in [1.54, 1.807) is 30.3 Å². The molecule has 0 radical (unpaired) electrons. The van der Waals surface area contributed by atoms with Crippen molar-refractivity contribution in [3.05, 3.63) is 70.5 Å². The Hall–Kier alpha value is -3.36. The summed E-state index contributed by atoms with van der Waals surface area (Å²) in [5, 5.41) is 4.41. The van der Waals surface area contributed by atoms with Crippen LogP contribution < -0.4 is 10.2 Å². The molecule has 9 heteroatoms. The fourth-order valence-electron chi connectivity index (χ4n) is 2.74. The molecule has 1 aromatic heterocycles. The number of alkyl halides is 3. The largest absolute Gasteiger partial charge is 0.573 e. The predicted octanol–water partition coefficient (Wildman–Crippen LogP) is 2.95. The van der Waals surface area contributed by atoms with Gasteiger partial charge in [0.25, 0.3) is 0 Å². The molecule has 0 bridgehead atoms. The number of carbonyl (C=O) groups is 1. The highest BCUT2D eigenvalue weighted by Gasteiger charge is 2.32. The summed E-state index contributed by atoms with van der Waals surface area (Å²) < 4.78 is 43.0. The van der Waals surface area contributed by atoms with Crippen LogP contribution >= 0.6 is 0 Å². The van der Waals surface area contributed by atoms with Gasteiger partial charge in [-0.1, -0.05) is 30.3 Å². The Morgan fingerprint density at radius 1 is 1.14 bits per heavy atom. The molecule has 1 amide bonds. The van der Waals surface area contributed by atoms with E-state index in [1.165, 1.54) is 34.8 Å². The summed E-state index contributed by atoms with van der Waals surface area (Å²) in [4.78, 5) is 25.7. The third-order valence-electron chi connectivity index (χ3n) is 4.08. The Bertz CT molecular complexity index is 1060. The normalized spacial score (nSPS) is 11.4. The van der Waals surface area contributed by atoms with Crippen LogP contribution in [-0.2, 0) is 17.9 Å². The molecular weight excluding hydrogens is 375 g/mol. The van der Waals surface area contributed by atoms with E-state index in [1.807, 2.05) is 0 Å². The molecule has 0 aliphatic carbocycles. The van der Waals surface area contributed by atoms with E-state index in [9.17, 15) is 22.8 Å². The van der Waals surface area contributed by atoms with Gasteiger partial charge in [0.05, 0.1) is 11.7 Å². The SMILES string of the molecule is CN(Cc1ccccc1OC(F)(F)F)C(=O)Cn1ncc(=O)c2ccccc21. The molecule has 0 aliphatic rings. The average molecular weight is 391 g/mol. The first-order chi connectivity index (χ1) is 13.2. The maximum atomic E-state index is 12.6. The van der Waals surface area contributed by atoms with Gasteiger partial charge in [-0.2, -0.15) is 5.10 Å². The van der Waals surface area contributed by atoms with Gasteiger partial charge < -0.3 is 9.64 Å².